The summed E-state index contributed by atoms with van der Waals surface area (Å²) in [4.78, 5) is 10.5. The predicted octanol–water partition coefficient (Wildman–Crippen LogP) is 2.17. The van der Waals surface area contributed by atoms with E-state index in [1.165, 1.54) is 0 Å². The zero-order chi connectivity index (χ0) is 13.4. The number of alkyl halides is 3. The number of nitrogens with two attached hydrogens (primary N) is 1. The summed E-state index contributed by atoms with van der Waals surface area (Å²) in [6, 6.07) is 1.42. The molecule has 94 valence electrons. The van der Waals surface area contributed by atoms with Crippen LogP contribution >= 0.6 is 15.9 Å². The van der Waals surface area contributed by atoms with Crippen LogP contribution in [0.4, 0.5) is 18.9 Å². The molecule has 0 amide bonds. The summed E-state index contributed by atoms with van der Waals surface area (Å²) in [5.74, 6) is -1.78. The highest BCUT2D eigenvalue weighted by atomic mass is 79.9. The molecule has 0 aliphatic rings. The average molecular weight is 314 g/mol. The van der Waals surface area contributed by atoms with Gasteiger partial charge in [0.1, 0.15) is 0 Å². The van der Waals surface area contributed by atoms with Gasteiger partial charge in [0.25, 0.3) is 0 Å². The van der Waals surface area contributed by atoms with Crippen LogP contribution in [0.5, 0.6) is 0 Å². The standard InChI is InChI=1S/C9H7BrF3NO3/c10-5-2-4(9(11,12)13)3(1-6(5)14)7(15)8(16)17/h1-2,7,15H,14H2,(H,16,17). The maximum Gasteiger partial charge on any atom is 0.416 e. The maximum atomic E-state index is 12.6. The lowest BCUT2D eigenvalue weighted by molar-refractivity contribution is -0.149. The molecular weight excluding hydrogens is 307 g/mol. The predicted molar refractivity (Wildman–Crippen MR) is 56.2 cm³/mol. The highest BCUT2D eigenvalue weighted by molar-refractivity contribution is 9.10. The Morgan fingerprint density at radius 1 is 1.41 bits per heavy atom. The van der Waals surface area contributed by atoms with Crippen molar-refractivity contribution in [2.45, 2.75) is 12.3 Å². The second-order valence-electron chi connectivity index (χ2n) is 3.20. The Bertz CT molecular complexity index is 462. The van der Waals surface area contributed by atoms with Gasteiger partial charge in [0.05, 0.1) is 5.56 Å². The highest BCUT2D eigenvalue weighted by Crippen LogP contribution is 2.38. The number of anilines is 1. The van der Waals surface area contributed by atoms with Crippen LogP contribution in [0, 0.1) is 0 Å². The summed E-state index contributed by atoms with van der Waals surface area (Å²) in [7, 11) is 0. The van der Waals surface area contributed by atoms with E-state index in [0.29, 0.717) is 6.07 Å². The fourth-order valence-corrected chi connectivity index (χ4v) is 1.56. The first kappa shape index (κ1) is 13.8. The summed E-state index contributed by atoms with van der Waals surface area (Å²) in [6.07, 6.45) is -7.05. The largest absolute Gasteiger partial charge is 0.479 e. The molecular formula is C9H7BrF3NO3. The fraction of sp³-hybridized carbons (Fsp3) is 0.222. The Labute approximate surface area is 102 Å². The van der Waals surface area contributed by atoms with Crippen molar-refractivity contribution in [2.75, 3.05) is 5.73 Å². The molecule has 1 unspecified atom stereocenters. The lowest BCUT2D eigenvalue weighted by atomic mass is 10.0. The van der Waals surface area contributed by atoms with Crippen molar-refractivity contribution in [3.8, 4) is 0 Å². The van der Waals surface area contributed by atoms with Crippen LogP contribution in [0.2, 0.25) is 0 Å². The Hall–Kier alpha value is -1.28. The van der Waals surface area contributed by atoms with Crippen LogP contribution in [0.15, 0.2) is 16.6 Å². The van der Waals surface area contributed by atoms with Gasteiger partial charge in [-0.2, -0.15) is 13.2 Å². The van der Waals surface area contributed by atoms with Gasteiger partial charge in [-0.25, -0.2) is 4.79 Å². The lowest BCUT2D eigenvalue weighted by Gasteiger charge is -2.16. The van der Waals surface area contributed by atoms with Crippen molar-refractivity contribution in [3.05, 3.63) is 27.7 Å². The number of carboxylic acid groups (broad SMARTS) is 1. The molecule has 0 saturated carbocycles. The molecule has 0 bridgehead atoms. The summed E-state index contributed by atoms with van der Waals surface area (Å²) in [5.41, 5.74) is 3.23. The number of aliphatic hydroxyl groups excluding tert-OH is 1. The van der Waals surface area contributed by atoms with E-state index in [2.05, 4.69) is 15.9 Å². The van der Waals surface area contributed by atoms with Crippen molar-refractivity contribution in [1.82, 2.24) is 0 Å². The highest BCUT2D eigenvalue weighted by Gasteiger charge is 2.37. The van der Waals surface area contributed by atoms with Crippen molar-refractivity contribution in [2.24, 2.45) is 0 Å². The summed E-state index contributed by atoms with van der Waals surface area (Å²) < 4.78 is 37.8. The fourth-order valence-electron chi connectivity index (χ4n) is 1.21. The second kappa shape index (κ2) is 4.53. The van der Waals surface area contributed by atoms with Gasteiger partial charge in [-0.3, -0.25) is 0 Å². The molecule has 0 aromatic heterocycles. The first-order valence-corrected chi connectivity index (χ1v) is 5.01. The van der Waals surface area contributed by atoms with E-state index in [-0.39, 0.29) is 10.2 Å². The molecule has 1 rings (SSSR count). The van der Waals surface area contributed by atoms with Gasteiger partial charge in [-0.1, -0.05) is 0 Å². The molecule has 0 saturated heterocycles. The van der Waals surface area contributed by atoms with Crippen LogP contribution in [0.1, 0.15) is 17.2 Å². The minimum Gasteiger partial charge on any atom is -0.479 e. The number of aliphatic carboxylic acids is 1. The number of nitrogen functional groups attached to an aromatic ring is 1. The van der Waals surface area contributed by atoms with Gasteiger partial charge in [0.2, 0.25) is 0 Å². The maximum absolute atomic E-state index is 12.6. The topological polar surface area (TPSA) is 83.5 Å². The van der Waals surface area contributed by atoms with Crippen molar-refractivity contribution in [1.29, 1.82) is 0 Å². The number of carboxylic acids is 1. The van der Waals surface area contributed by atoms with E-state index in [1.54, 1.807) is 0 Å². The number of carbonyl (C=O) groups is 1. The molecule has 0 radical (unpaired) electrons. The number of benzene rings is 1. The van der Waals surface area contributed by atoms with E-state index in [1.807, 2.05) is 0 Å². The molecule has 1 aromatic rings. The summed E-state index contributed by atoms with van der Waals surface area (Å²) in [5, 5.41) is 17.7. The Kier molecular flexibility index (Phi) is 3.68. The minimum atomic E-state index is -4.78. The Balaban J connectivity index is 3.46. The molecule has 4 N–H and O–H groups in total. The average Bonchev–Trinajstić information content (AvgIpc) is 2.18. The number of halogens is 4. The lowest BCUT2D eigenvalue weighted by Crippen LogP contribution is -2.18. The Morgan fingerprint density at radius 2 is 1.94 bits per heavy atom. The normalized spacial score (nSPS) is 13.5. The SMILES string of the molecule is Nc1cc(C(O)C(=O)O)c(C(F)(F)F)cc1Br. The van der Waals surface area contributed by atoms with E-state index in [9.17, 15) is 23.1 Å². The van der Waals surface area contributed by atoms with Crippen LogP contribution in [0.3, 0.4) is 0 Å². The van der Waals surface area contributed by atoms with Gasteiger partial charge >= 0.3 is 12.1 Å². The molecule has 0 fully saturated rings. The third-order valence-electron chi connectivity index (χ3n) is 2.00. The van der Waals surface area contributed by atoms with E-state index >= 15 is 0 Å². The molecule has 0 aliphatic carbocycles. The smallest absolute Gasteiger partial charge is 0.416 e. The van der Waals surface area contributed by atoms with Crippen molar-refractivity contribution < 1.29 is 28.2 Å². The molecule has 17 heavy (non-hydrogen) atoms. The van der Waals surface area contributed by atoms with Gasteiger partial charge in [0.15, 0.2) is 6.10 Å². The molecule has 0 aliphatic heterocycles. The third-order valence-corrected chi connectivity index (χ3v) is 2.69. The van der Waals surface area contributed by atoms with Gasteiger partial charge in [0, 0.05) is 15.7 Å². The summed E-state index contributed by atoms with van der Waals surface area (Å²) >= 11 is 2.80. The molecule has 8 heteroatoms. The molecule has 1 atom stereocenters. The van der Waals surface area contributed by atoms with E-state index in [4.69, 9.17) is 10.8 Å². The number of hydrogen-bond donors (Lipinski definition) is 3. The molecule has 0 heterocycles. The number of aliphatic hydroxyl groups is 1. The monoisotopic (exact) mass is 313 g/mol. The van der Waals surface area contributed by atoms with Crippen LogP contribution in [-0.2, 0) is 11.0 Å². The van der Waals surface area contributed by atoms with E-state index < -0.39 is 29.4 Å². The van der Waals surface area contributed by atoms with Gasteiger partial charge < -0.3 is 15.9 Å². The first-order valence-electron chi connectivity index (χ1n) is 4.21. The van der Waals surface area contributed by atoms with Gasteiger partial charge in [-0.15, -0.1) is 0 Å². The van der Waals surface area contributed by atoms with Gasteiger partial charge in [-0.05, 0) is 28.1 Å². The van der Waals surface area contributed by atoms with E-state index in [0.717, 1.165) is 6.07 Å². The van der Waals surface area contributed by atoms with Crippen LogP contribution < -0.4 is 5.73 Å². The summed E-state index contributed by atoms with van der Waals surface area (Å²) in [6.45, 7) is 0. The molecule has 1 aromatic carbocycles. The molecule has 4 nitrogen and oxygen atoms in total. The number of rotatable bonds is 2. The molecule has 0 spiro atoms. The van der Waals surface area contributed by atoms with Crippen molar-refractivity contribution in [3.63, 3.8) is 0 Å². The van der Waals surface area contributed by atoms with Crippen LogP contribution in [-0.4, -0.2) is 16.2 Å². The van der Waals surface area contributed by atoms with Crippen molar-refractivity contribution >= 4 is 27.6 Å². The van der Waals surface area contributed by atoms with Crippen LogP contribution in [0.25, 0.3) is 0 Å². The quantitative estimate of drug-likeness (QED) is 0.731. The number of hydrogen-bond acceptors (Lipinski definition) is 3. The first-order chi connectivity index (χ1) is 7.64. The Morgan fingerprint density at radius 3 is 2.35 bits per heavy atom. The minimum absolute atomic E-state index is 0.0221. The third kappa shape index (κ3) is 2.89. The second-order valence-corrected chi connectivity index (χ2v) is 4.05. The zero-order valence-corrected chi connectivity index (χ0v) is 9.71. The zero-order valence-electron chi connectivity index (χ0n) is 8.12.